The van der Waals surface area contributed by atoms with Crippen LogP contribution in [0.2, 0.25) is 0 Å². The number of rotatable bonds is 5. The lowest BCUT2D eigenvalue weighted by Gasteiger charge is -2.16. The molecule has 0 spiro atoms. The van der Waals surface area contributed by atoms with E-state index in [0.717, 1.165) is 3.57 Å². The van der Waals surface area contributed by atoms with Crippen molar-refractivity contribution in [3.63, 3.8) is 0 Å². The standard InChI is InChI=1S/C13H14INO3/c1-13(2,8-15)5-6-18-11-4-3-9(14)7-10(11)12(16)17/h3-4,7H,5-6H2,1-2H3,(H,16,17). The van der Waals surface area contributed by atoms with E-state index in [2.05, 4.69) is 28.7 Å². The first-order chi connectivity index (χ1) is 8.35. The lowest BCUT2D eigenvalue weighted by atomic mass is 9.92. The molecule has 1 aromatic rings. The molecule has 0 amide bonds. The third-order valence-electron chi connectivity index (χ3n) is 2.46. The number of nitrogens with zero attached hydrogens (tertiary/aromatic N) is 1. The molecular weight excluding hydrogens is 345 g/mol. The van der Waals surface area contributed by atoms with E-state index in [4.69, 9.17) is 15.1 Å². The minimum absolute atomic E-state index is 0.150. The van der Waals surface area contributed by atoms with Crippen LogP contribution < -0.4 is 4.74 Å². The normalized spacial score (nSPS) is 10.8. The van der Waals surface area contributed by atoms with E-state index in [1.807, 2.05) is 13.8 Å². The minimum Gasteiger partial charge on any atom is -0.493 e. The molecule has 4 nitrogen and oxygen atoms in total. The van der Waals surface area contributed by atoms with E-state index in [9.17, 15) is 4.79 Å². The van der Waals surface area contributed by atoms with Gasteiger partial charge in [-0.1, -0.05) is 0 Å². The third kappa shape index (κ3) is 4.18. The molecule has 0 aliphatic rings. The number of benzene rings is 1. The van der Waals surface area contributed by atoms with Crippen LogP contribution >= 0.6 is 22.6 Å². The van der Waals surface area contributed by atoms with Gasteiger partial charge >= 0.3 is 5.97 Å². The number of carboxylic acids is 1. The van der Waals surface area contributed by atoms with Gasteiger partial charge in [-0.05, 0) is 61.1 Å². The van der Waals surface area contributed by atoms with Crippen molar-refractivity contribution in [2.45, 2.75) is 20.3 Å². The van der Waals surface area contributed by atoms with E-state index < -0.39 is 11.4 Å². The Balaban J connectivity index is 2.74. The summed E-state index contributed by atoms with van der Waals surface area (Å²) >= 11 is 2.05. The number of ether oxygens (including phenoxy) is 1. The number of hydrogen-bond acceptors (Lipinski definition) is 3. The lowest BCUT2D eigenvalue weighted by molar-refractivity contribution is 0.0692. The largest absolute Gasteiger partial charge is 0.493 e. The molecule has 5 heteroatoms. The molecule has 0 aromatic heterocycles. The number of carboxylic acid groups (broad SMARTS) is 1. The van der Waals surface area contributed by atoms with Crippen molar-refractivity contribution in [3.8, 4) is 11.8 Å². The molecule has 0 aliphatic carbocycles. The van der Waals surface area contributed by atoms with Crippen molar-refractivity contribution in [3.05, 3.63) is 27.3 Å². The molecule has 1 rings (SSSR count). The van der Waals surface area contributed by atoms with Crippen LogP contribution in [-0.2, 0) is 0 Å². The van der Waals surface area contributed by atoms with Gasteiger partial charge in [0.2, 0.25) is 0 Å². The second kappa shape index (κ2) is 6.05. The van der Waals surface area contributed by atoms with Gasteiger partial charge in [0.15, 0.2) is 0 Å². The zero-order valence-electron chi connectivity index (χ0n) is 10.2. The average molecular weight is 359 g/mol. The summed E-state index contributed by atoms with van der Waals surface area (Å²) in [6.45, 7) is 3.96. The van der Waals surface area contributed by atoms with Gasteiger partial charge in [-0.3, -0.25) is 0 Å². The zero-order valence-corrected chi connectivity index (χ0v) is 12.4. The number of carbonyl (C=O) groups is 1. The Morgan fingerprint density at radius 1 is 1.56 bits per heavy atom. The van der Waals surface area contributed by atoms with Crippen LogP contribution in [0, 0.1) is 20.3 Å². The number of aromatic carboxylic acids is 1. The summed E-state index contributed by atoms with van der Waals surface area (Å²) in [5, 5.41) is 17.9. The maximum atomic E-state index is 11.1. The molecule has 0 unspecified atom stereocenters. The third-order valence-corrected chi connectivity index (χ3v) is 3.13. The van der Waals surface area contributed by atoms with E-state index >= 15 is 0 Å². The Labute approximate surface area is 120 Å². The van der Waals surface area contributed by atoms with Crippen LogP contribution in [0.4, 0.5) is 0 Å². The van der Waals surface area contributed by atoms with Gasteiger partial charge in [0, 0.05) is 3.57 Å². The van der Waals surface area contributed by atoms with E-state index in [-0.39, 0.29) is 5.56 Å². The molecule has 0 heterocycles. The maximum Gasteiger partial charge on any atom is 0.339 e. The van der Waals surface area contributed by atoms with Gasteiger partial charge in [-0.25, -0.2) is 4.79 Å². The Hall–Kier alpha value is -1.29. The highest BCUT2D eigenvalue weighted by molar-refractivity contribution is 14.1. The predicted molar refractivity (Wildman–Crippen MR) is 75.6 cm³/mol. The van der Waals surface area contributed by atoms with Crippen molar-refractivity contribution < 1.29 is 14.6 Å². The summed E-state index contributed by atoms with van der Waals surface area (Å²) in [5.41, 5.74) is -0.316. The SMILES string of the molecule is CC(C)(C#N)CCOc1ccc(I)cc1C(=O)O. The highest BCUT2D eigenvalue weighted by Crippen LogP contribution is 2.23. The van der Waals surface area contributed by atoms with Crippen LogP contribution in [-0.4, -0.2) is 17.7 Å². The number of halogens is 1. The predicted octanol–water partition coefficient (Wildman–Crippen LogP) is 3.31. The van der Waals surface area contributed by atoms with Crippen molar-refractivity contribution in [2.75, 3.05) is 6.61 Å². The molecule has 96 valence electrons. The van der Waals surface area contributed by atoms with Crippen molar-refractivity contribution in [1.29, 1.82) is 5.26 Å². The summed E-state index contributed by atoms with van der Waals surface area (Å²) in [5.74, 6) is -0.667. The van der Waals surface area contributed by atoms with E-state index in [1.54, 1.807) is 18.2 Å². The summed E-state index contributed by atoms with van der Waals surface area (Å²) < 4.78 is 6.30. The minimum atomic E-state index is -1.01. The molecule has 0 bridgehead atoms. The second-order valence-corrected chi connectivity index (χ2v) is 5.79. The monoisotopic (exact) mass is 359 g/mol. The molecule has 0 atom stereocenters. The van der Waals surface area contributed by atoms with E-state index in [1.165, 1.54) is 0 Å². The maximum absolute atomic E-state index is 11.1. The summed E-state index contributed by atoms with van der Waals surface area (Å²) in [4.78, 5) is 11.1. The van der Waals surface area contributed by atoms with E-state index in [0.29, 0.717) is 18.8 Å². The smallest absolute Gasteiger partial charge is 0.339 e. The molecule has 1 aromatic carbocycles. The van der Waals surface area contributed by atoms with Crippen molar-refractivity contribution >= 4 is 28.6 Å². The quantitative estimate of drug-likeness (QED) is 0.819. The first-order valence-corrected chi connectivity index (χ1v) is 6.50. The lowest BCUT2D eigenvalue weighted by Crippen LogP contribution is -2.14. The summed E-state index contributed by atoms with van der Waals surface area (Å²) in [6, 6.07) is 7.17. The van der Waals surface area contributed by atoms with Crippen molar-refractivity contribution in [2.24, 2.45) is 5.41 Å². The first-order valence-electron chi connectivity index (χ1n) is 5.42. The second-order valence-electron chi connectivity index (χ2n) is 4.54. The molecule has 18 heavy (non-hydrogen) atoms. The molecule has 0 radical (unpaired) electrons. The molecular formula is C13H14INO3. The van der Waals surface area contributed by atoms with Gasteiger partial charge < -0.3 is 9.84 Å². The van der Waals surface area contributed by atoms with Gasteiger partial charge in [0.25, 0.3) is 0 Å². The summed E-state index contributed by atoms with van der Waals surface area (Å²) in [7, 11) is 0. The molecule has 0 saturated heterocycles. The number of hydrogen-bond donors (Lipinski definition) is 1. The van der Waals surface area contributed by atoms with Crippen LogP contribution in [0.25, 0.3) is 0 Å². The zero-order chi connectivity index (χ0) is 13.8. The highest BCUT2D eigenvalue weighted by atomic mass is 127. The fourth-order valence-corrected chi connectivity index (χ4v) is 1.76. The Bertz CT molecular complexity index is 491. The van der Waals surface area contributed by atoms with Gasteiger partial charge in [0.1, 0.15) is 11.3 Å². The Kier molecular flexibility index (Phi) is 4.96. The molecule has 0 fully saturated rings. The fraction of sp³-hybridized carbons (Fsp3) is 0.385. The van der Waals surface area contributed by atoms with Crippen LogP contribution in [0.1, 0.15) is 30.6 Å². The van der Waals surface area contributed by atoms with Gasteiger partial charge in [0.05, 0.1) is 18.1 Å². The van der Waals surface area contributed by atoms with Crippen LogP contribution in [0.5, 0.6) is 5.75 Å². The molecule has 0 aliphatic heterocycles. The van der Waals surface area contributed by atoms with Crippen molar-refractivity contribution in [1.82, 2.24) is 0 Å². The highest BCUT2D eigenvalue weighted by Gasteiger charge is 2.17. The van der Waals surface area contributed by atoms with Gasteiger partial charge in [-0.2, -0.15) is 5.26 Å². The Morgan fingerprint density at radius 3 is 2.78 bits per heavy atom. The fourth-order valence-electron chi connectivity index (χ4n) is 1.27. The van der Waals surface area contributed by atoms with Gasteiger partial charge in [-0.15, -0.1) is 0 Å². The molecule has 0 saturated carbocycles. The topological polar surface area (TPSA) is 70.3 Å². The first kappa shape index (κ1) is 14.8. The number of nitriles is 1. The average Bonchev–Trinajstić information content (AvgIpc) is 2.30. The Morgan fingerprint density at radius 2 is 2.22 bits per heavy atom. The molecule has 1 N–H and O–H groups in total. The van der Waals surface area contributed by atoms with Crippen LogP contribution in [0.15, 0.2) is 18.2 Å². The van der Waals surface area contributed by atoms with Crippen LogP contribution in [0.3, 0.4) is 0 Å². The summed E-state index contributed by atoms with van der Waals surface area (Å²) in [6.07, 6.45) is 0.550.